The first-order valence-corrected chi connectivity index (χ1v) is 9.08. The van der Waals surface area contributed by atoms with Gasteiger partial charge in [0.2, 0.25) is 5.75 Å². The minimum Gasteiger partial charge on any atom is -0.500 e. The number of hydrogen-bond acceptors (Lipinski definition) is 7. The van der Waals surface area contributed by atoms with Gasteiger partial charge in [0.15, 0.2) is 5.75 Å². The minimum atomic E-state index is -0.744. The molecular formula is C19H17N3O6. The number of carbonyl (C=O) groups is 2. The molecule has 0 radical (unpaired) electrons. The van der Waals surface area contributed by atoms with Gasteiger partial charge in [0, 0.05) is 11.6 Å². The van der Waals surface area contributed by atoms with Crippen LogP contribution in [-0.2, 0) is 9.59 Å². The van der Waals surface area contributed by atoms with Crippen molar-refractivity contribution in [1.82, 2.24) is 5.01 Å². The molecule has 3 fully saturated rings. The molecule has 144 valence electrons. The van der Waals surface area contributed by atoms with Crippen LogP contribution in [0.4, 0.5) is 5.69 Å². The van der Waals surface area contributed by atoms with Gasteiger partial charge in [-0.2, -0.15) is 10.1 Å². The van der Waals surface area contributed by atoms with E-state index in [0.29, 0.717) is 11.8 Å². The number of ether oxygens (including phenoxy) is 1. The maximum atomic E-state index is 12.9. The summed E-state index contributed by atoms with van der Waals surface area (Å²) in [5.74, 6) is -0.803. The van der Waals surface area contributed by atoms with E-state index in [2.05, 4.69) is 17.3 Å². The monoisotopic (exact) mass is 383 g/mol. The van der Waals surface area contributed by atoms with Crippen molar-refractivity contribution in [3.8, 4) is 11.5 Å². The molecule has 2 bridgehead atoms. The second-order valence-electron chi connectivity index (χ2n) is 7.74. The summed E-state index contributed by atoms with van der Waals surface area (Å²) in [6.45, 7) is 0. The highest BCUT2D eigenvalue weighted by Crippen LogP contribution is 2.65. The number of methoxy groups -OCH3 is 1. The summed E-state index contributed by atoms with van der Waals surface area (Å²) in [7, 11) is 1.27. The molecule has 0 aromatic heterocycles. The Morgan fingerprint density at radius 3 is 2.36 bits per heavy atom. The number of phenols is 1. The molecule has 9 nitrogen and oxygen atoms in total. The smallest absolute Gasteiger partial charge is 0.315 e. The van der Waals surface area contributed by atoms with Crippen molar-refractivity contribution >= 4 is 23.7 Å². The van der Waals surface area contributed by atoms with Crippen LogP contribution in [0.3, 0.4) is 0 Å². The molecule has 1 aliphatic heterocycles. The van der Waals surface area contributed by atoms with Crippen LogP contribution >= 0.6 is 0 Å². The van der Waals surface area contributed by atoms with Crippen molar-refractivity contribution in [3.05, 3.63) is 40.0 Å². The van der Waals surface area contributed by atoms with Crippen LogP contribution < -0.4 is 4.74 Å². The fraction of sp³-hybridized carbons (Fsp3) is 0.421. The Morgan fingerprint density at radius 2 is 1.82 bits per heavy atom. The van der Waals surface area contributed by atoms with Crippen LogP contribution in [0.15, 0.2) is 29.4 Å². The molecule has 2 amide bonds. The largest absolute Gasteiger partial charge is 0.500 e. The Kier molecular flexibility index (Phi) is 3.40. The van der Waals surface area contributed by atoms with Gasteiger partial charge in [0.05, 0.1) is 30.1 Å². The zero-order valence-corrected chi connectivity index (χ0v) is 14.9. The number of phenolic OH excluding ortho intramolecular Hbond substituents is 1. The molecule has 28 heavy (non-hydrogen) atoms. The number of nitrogens with zero attached hydrogens (tertiary/aromatic N) is 3. The van der Waals surface area contributed by atoms with E-state index in [1.54, 1.807) is 0 Å². The molecule has 1 saturated heterocycles. The fourth-order valence-electron chi connectivity index (χ4n) is 5.16. The number of carbonyl (C=O) groups excluding carboxylic acids is 2. The van der Waals surface area contributed by atoms with E-state index in [4.69, 9.17) is 4.74 Å². The van der Waals surface area contributed by atoms with E-state index in [9.17, 15) is 24.8 Å². The molecule has 0 spiro atoms. The number of benzene rings is 1. The molecule has 1 N–H and O–H groups in total. The zero-order chi connectivity index (χ0) is 19.7. The average Bonchev–Trinajstić information content (AvgIpc) is 3.46. The highest BCUT2D eigenvalue weighted by molar-refractivity contribution is 6.06. The predicted octanol–water partition coefficient (Wildman–Crippen LogP) is 1.70. The van der Waals surface area contributed by atoms with Gasteiger partial charge in [0.25, 0.3) is 11.8 Å². The molecule has 6 rings (SSSR count). The quantitative estimate of drug-likeness (QED) is 0.278. The van der Waals surface area contributed by atoms with Crippen molar-refractivity contribution < 1.29 is 24.4 Å². The first kappa shape index (κ1) is 16.9. The maximum absolute atomic E-state index is 12.9. The molecule has 9 heteroatoms. The van der Waals surface area contributed by atoms with Gasteiger partial charge in [-0.15, -0.1) is 0 Å². The Labute approximate surface area is 159 Å². The minimum absolute atomic E-state index is 0.0919. The Morgan fingerprint density at radius 1 is 1.21 bits per heavy atom. The molecule has 4 aliphatic carbocycles. The predicted molar refractivity (Wildman–Crippen MR) is 95.5 cm³/mol. The van der Waals surface area contributed by atoms with Gasteiger partial charge in [-0.25, -0.2) is 0 Å². The number of amides is 2. The number of nitro benzene ring substituents is 1. The number of nitro groups is 1. The van der Waals surface area contributed by atoms with Gasteiger partial charge >= 0.3 is 5.69 Å². The Balaban J connectivity index is 1.45. The van der Waals surface area contributed by atoms with Crippen molar-refractivity contribution in [1.29, 1.82) is 0 Å². The van der Waals surface area contributed by atoms with Crippen molar-refractivity contribution in [2.24, 2.45) is 40.6 Å². The van der Waals surface area contributed by atoms with Crippen molar-refractivity contribution in [2.75, 3.05) is 7.11 Å². The number of aromatic hydroxyl groups is 1. The SMILES string of the molecule is COc1cc(/C=N\N2C(=O)[C@@H]3[C@H]4C=C[C@@H]([C@@H]5C[C@@H]45)[C@@H]3C2=O)cc([N+](=O)[O-])c1O. The van der Waals surface area contributed by atoms with E-state index in [0.717, 1.165) is 17.5 Å². The van der Waals surface area contributed by atoms with Crippen LogP contribution in [-0.4, -0.2) is 40.2 Å². The van der Waals surface area contributed by atoms with E-state index in [-0.39, 0.29) is 46.8 Å². The molecule has 1 aromatic carbocycles. The average molecular weight is 383 g/mol. The third kappa shape index (κ3) is 2.15. The van der Waals surface area contributed by atoms with Crippen molar-refractivity contribution in [3.63, 3.8) is 0 Å². The highest BCUT2D eigenvalue weighted by atomic mass is 16.6. The lowest BCUT2D eigenvalue weighted by Gasteiger charge is -2.37. The van der Waals surface area contributed by atoms with Crippen LogP contribution in [0.5, 0.6) is 11.5 Å². The van der Waals surface area contributed by atoms with Crippen LogP contribution in [0, 0.1) is 45.6 Å². The van der Waals surface area contributed by atoms with E-state index in [1.165, 1.54) is 19.4 Å². The van der Waals surface area contributed by atoms with E-state index >= 15 is 0 Å². The summed E-state index contributed by atoms with van der Waals surface area (Å²) < 4.78 is 4.95. The van der Waals surface area contributed by atoms with Gasteiger partial charge in [-0.3, -0.25) is 19.7 Å². The molecule has 5 aliphatic rings. The third-order valence-electron chi connectivity index (χ3n) is 6.46. The van der Waals surface area contributed by atoms with Gasteiger partial charge in [-0.05, 0) is 36.2 Å². The molecule has 1 aromatic rings. The number of rotatable bonds is 4. The standard InChI is InChI=1S/C19H17N3O6/c1-28-14-5-8(4-13(17(14)23)22(26)27)7-20-21-18(24)15-9-2-3-10(12-6-11(9)12)16(15)19(21)25/h2-5,7,9-12,15-16,23H,6H2,1H3/b20-7-/t9-,10-,11-,12-,15-,16+/m0/s1. The number of imide groups is 1. The summed E-state index contributed by atoms with van der Waals surface area (Å²) >= 11 is 0. The lowest BCUT2D eigenvalue weighted by molar-refractivity contribution is -0.386. The second kappa shape index (κ2) is 5.63. The molecule has 6 atom stereocenters. The number of hydrazone groups is 1. The summed E-state index contributed by atoms with van der Waals surface area (Å²) in [5.41, 5.74) is -0.309. The Bertz CT molecular complexity index is 950. The fourth-order valence-corrected chi connectivity index (χ4v) is 5.16. The third-order valence-corrected chi connectivity index (χ3v) is 6.46. The Hall–Kier alpha value is -3.23. The number of hydrogen-bond donors (Lipinski definition) is 1. The van der Waals surface area contributed by atoms with Gasteiger partial charge in [-0.1, -0.05) is 12.2 Å². The molecule has 1 heterocycles. The molecule has 2 saturated carbocycles. The van der Waals surface area contributed by atoms with E-state index in [1.807, 2.05) is 0 Å². The lowest BCUT2D eigenvalue weighted by atomic mass is 9.63. The number of allylic oxidation sites excluding steroid dienone is 2. The zero-order valence-electron chi connectivity index (χ0n) is 14.9. The van der Waals surface area contributed by atoms with Crippen LogP contribution in [0.2, 0.25) is 0 Å². The molecule has 0 unspecified atom stereocenters. The van der Waals surface area contributed by atoms with Gasteiger partial charge < -0.3 is 9.84 Å². The topological polar surface area (TPSA) is 122 Å². The van der Waals surface area contributed by atoms with Gasteiger partial charge in [0.1, 0.15) is 0 Å². The van der Waals surface area contributed by atoms with Crippen LogP contribution in [0.1, 0.15) is 12.0 Å². The second-order valence-corrected chi connectivity index (χ2v) is 7.74. The summed E-state index contributed by atoms with van der Waals surface area (Å²) in [6, 6.07) is 2.46. The normalized spacial score (nSPS) is 34.7. The molecular weight excluding hydrogens is 366 g/mol. The maximum Gasteiger partial charge on any atom is 0.315 e. The summed E-state index contributed by atoms with van der Waals surface area (Å²) in [4.78, 5) is 36.1. The first-order valence-electron chi connectivity index (χ1n) is 9.08. The lowest BCUT2D eigenvalue weighted by Crippen LogP contribution is -2.40. The van der Waals surface area contributed by atoms with E-state index < -0.39 is 16.4 Å². The van der Waals surface area contributed by atoms with Crippen LogP contribution in [0.25, 0.3) is 0 Å². The summed E-state index contributed by atoms with van der Waals surface area (Å²) in [5, 5.41) is 25.9. The van der Waals surface area contributed by atoms with Crippen molar-refractivity contribution in [2.45, 2.75) is 6.42 Å². The highest BCUT2D eigenvalue weighted by Gasteiger charge is 2.67. The first-order chi connectivity index (χ1) is 13.4. The summed E-state index contributed by atoms with van der Waals surface area (Å²) in [6.07, 6.45) is 6.44.